The van der Waals surface area contributed by atoms with Crippen LogP contribution in [-0.4, -0.2) is 36.6 Å². The summed E-state index contributed by atoms with van der Waals surface area (Å²) in [6, 6.07) is 0. The molecule has 1 unspecified atom stereocenters. The van der Waals surface area contributed by atoms with Crippen LogP contribution in [0.25, 0.3) is 0 Å². The number of amides is 1. The van der Waals surface area contributed by atoms with Gasteiger partial charge in [-0.2, -0.15) is 13.2 Å². The maximum absolute atomic E-state index is 12.2. The molecule has 2 N–H and O–H groups in total. The highest BCUT2D eigenvalue weighted by molar-refractivity contribution is 5.79. The normalized spacial score (nSPS) is 14.0. The summed E-state index contributed by atoms with van der Waals surface area (Å²) in [6.45, 7) is 3.99. The van der Waals surface area contributed by atoms with Gasteiger partial charge in [0.2, 0.25) is 5.91 Å². The van der Waals surface area contributed by atoms with Gasteiger partial charge in [-0.3, -0.25) is 4.79 Å². The van der Waals surface area contributed by atoms with Gasteiger partial charge in [0, 0.05) is 13.1 Å². The third-order valence-electron chi connectivity index (χ3n) is 2.44. The first-order valence-corrected chi connectivity index (χ1v) is 5.28. The van der Waals surface area contributed by atoms with E-state index in [2.05, 4.69) is 0 Å². The number of halogens is 3. The van der Waals surface area contributed by atoms with Gasteiger partial charge in [-0.05, 0) is 12.8 Å². The fourth-order valence-corrected chi connectivity index (χ4v) is 1.45. The van der Waals surface area contributed by atoms with Crippen molar-refractivity contribution in [1.29, 1.82) is 0 Å². The van der Waals surface area contributed by atoms with Crippen LogP contribution in [0.15, 0.2) is 0 Å². The number of carbonyl (C=O) groups is 1. The van der Waals surface area contributed by atoms with Gasteiger partial charge >= 0.3 is 6.18 Å². The standard InChI is InChI=1S/C10H19F3N2O/c1-4-15(6-10(11,12)13)9(16)8(5-14)7(2)3/h7-8H,4-6,14H2,1-3H3. The van der Waals surface area contributed by atoms with E-state index in [1.807, 2.05) is 0 Å². The van der Waals surface area contributed by atoms with E-state index >= 15 is 0 Å². The molecule has 0 aromatic heterocycles. The molecule has 0 saturated heterocycles. The fraction of sp³-hybridized carbons (Fsp3) is 0.900. The zero-order valence-electron chi connectivity index (χ0n) is 9.84. The number of carbonyl (C=O) groups excluding carboxylic acids is 1. The molecular formula is C10H19F3N2O. The molecule has 0 rings (SSSR count). The molecule has 0 spiro atoms. The van der Waals surface area contributed by atoms with E-state index in [-0.39, 0.29) is 19.0 Å². The molecular weight excluding hydrogens is 221 g/mol. The Hall–Kier alpha value is -0.780. The maximum atomic E-state index is 12.2. The Balaban J connectivity index is 4.64. The summed E-state index contributed by atoms with van der Waals surface area (Å²) >= 11 is 0. The van der Waals surface area contributed by atoms with Crippen LogP contribution in [0.2, 0.25) is 0 Å². The van der Waals surface area contributed by atoms with Gasteiger partial charge in [0.1, 0.15) is 6.54 Å². The lowest BCUT2D eigenvalue weighted by atomic mass is 9.94. The number of alkyl halides is 3. The van der Waals surface area contributed by atoms with Gasteiger partial charge in [0.05, 0.1) is 5.92 Å². The smallest absolute Gasteiger partial charge is 0.334 e. The zero-order valence-corrected chi connectivity index (χ0v) is 9.84. The predicted octanol–water partition coefficient (Wildman–Crippen LogP) is 1.63. The van der Waals surface area contributed by atoms with Crippen molar-refractivity contribution in [3.05, 3.63) is 0 Å². The van der Waals surface area contributed by atoms with Gasteiger partial charge in [-0.25, -0.2) is 0 Å². The second kappa shape index (κ2) is 6.08. The Morgan fingerprint density at radius 3 is 2.12 bits per heavy atom. The average Bonchev–Trinajstić information content (AvgIpc) is 2.13. The Morgan fingerprint density at radius 2 is 1.88 bits per heavy atom. The Bertz CT molecular complexity index is 229. The van der Waals surface area contributed by atoms with Crippen molar-refractivity contribution in [3.63, 3.8) is 0 Å². The molecule has 0 heterocycles. The molecule has 96 valence electrons. The van der Waals surface area contributed by atoms with Crippen molar-refractivity contribution >= 4 is 5.91 Å². The summed E-state index contributed by atoms with van der Waals surface area (Å²) in [5, 5.41) is 0. The zero-order chi connectivity index (χ0) is 12.9. The molecule has 0 aliphatic rings. The van der Waals surface area contributed by atoms with Crippen LogP contribution in [0.3, 0.4) is 0 Å². The lowest BCUT2D eigenvalue weighted by Gasteiger charge is -2.28. The summed E-state index contributed by atoms with van der Waals surface area (Å²) < 4.78 is 36.6. The molecule has 3 nitrogen and oxygen atoms in total. The van der Waals surface area contributed by atoms with Crippen LogP contribution in [-0.2, 0) is 4.79 Å². The Labute approximate surface area is 93.8 Å². The van der Waals surface area contributed by atoms with Crippen LogP contribution >= 0.6 is 0 Å². The molecule has 1 amide bonds. The monoisotopic (exact) mass is 240 g/mol. The van der Waals surface area contributed by atoms with E-state index in [1.165, 1.54) is 6.92 Å². The topological polar surface area (TPSA) is 46.3 Å². The number of rotatable bonds is 5. The fourth-order valence-electron chi connectivity index (χ4n) is 1.45. The number of hydrogen-bond donors (Lipinski definition) is 1. The van der Waals surface area contributed by atoms with E-state index in [1.54, 1.807) is 13.8 Å². The van der Waals surface area contributed by atoms with E-state index < -0.39 is 24.5 Å². The highest BCUT2D eigenvalue weighted by Gasteiger charge is 2.34. The van der Waals surface area contributed by atoms with Gasteiger partial charge in [-0.15, -0.1) is 0 Å². The Kier molecular flexibility index (Phi) is 5.78. The van der Waals surface area contributed by atoms with Crippen LogP contribution in [0.5, 0.6) is 0 Å². The van der Waals surface area contributed by atoms with Crippen LogP contribution in [0.4, 0.5) is 13.2 Å². The second-order valence-electron chi connectivity index (χ2n) is 4.05. The lowest BCUT2D eigenvalue weighted by molar-refractivity contribution is -0.164. The second-order valence-corrected chi connectivity index (χ2v) is 4.05. The van der Waals surface area contributed by atoms with Crippen LogP contribution in [0, 0.1) is 11.8 Å². The maximum Gasteiger partial charge on any atom is 0.406 e. The van der Waals surface area contributed by atoms with Gasteiger partial charge < -0.3 is 10.6 Å². The number of hydrogen-bond acceptors (Lipinski definition) is 2. The lowest BCUT2D eigenvalue weighted by Crippen LogP contribution is -2.45. The van der Waals surface area contributed by atoms with E-state index in [4.69, 9.17) is 5.73 Å². The molecule has 0 aliphatic heterocycles. The first kappa shape index (κ1) is 15.2. The molecule has 0 aromatic carbocycles. The third kappa shape index (κ3) is 4.83. The average molecular weight is 240 g/mol. The first-order valence-electron chi connectivity index (χ1n) is 5.28. The minimum absolute atomic E-state index is 0.0432. The molecule has 16 heavy (non-hydrogen) atoms. The molecule has 0 bridgehead atoms. The molecule has 1 atom stereocenters. The minimum atomic E-state index is -4.36. The van der Waals surface area contributed by atoms with Crippen molar-refractivity contribution in [2.75, 3.05) is 19.6 Å². The Morgan fingerprint density at radius 1 is 1.38 bits per heavy atom. The summed E-state index contributed by atoms with van der Waals surface area (Å²) in [7, 11) is 0. The molecule has 0 radical (unpaired) electrons. The van der Waals surface area contributed by atoms with Crippen molar-refractivity contribution in [2.45, 2.75) is 26.9 Å². The molecule has 0 fully saturated rings. The highest BCUT2D eigenvalue weighted by atomic mass is 19.4. The van der Waals surface area contributed by atoms with Gasteiger partial charge in [0.15, 0.2) is 0 Å². The van der Waals surface area contributed by atoms with E-state index in [9.17, 15) is 18.0 Å². The van der Waals surface area contributed by atoms with Crippen molar-refractivity contribution in [3.8, 4) is 0 Å². The molecule has 0 aromatic rings. The minimum Gasteiger partial charge on any atom is -0.334 e. The highest BCUT2D eigenvalue weighted by Crippen LogP contribution is 2.19. The molecule has 0 aliphatic carbocycles. The molecule has 0 saturated carbocycles. The predicted molar refractivity (Wildman–Crippen MR) is 55.7 cm³/mol. The van der Waals surface area contributed by atoms with Crippen molar-refractivity contribution in [1.82, 2.24) is 4.90 Å². The van der Waals surface area contributed by atoms with E-state index in [0.717, 1.165) is 4.90 Å². The molecule has 6 heteroatoms. The summed E-state index contributed by atoms with van der Waals surface area (Å²) in [4.78, 5) is 12.6. The van der Waals surface area contributed by atoms with Crippen molar-refractivity contribution < 1.29 is 18.0 Å². The quantitative estimate of drug-likeness (QED) is 0.794. The number of nitrogens with zero attached hydrogens (tertiary/aromatic N) is 1. The van der Waals surface area contributed by atoms with E-state index in [0.29, 0.717) is 0 Å². The van der Waals surface area contributed by atoms with Gasteiger partial charge in [0.25, 0.3) is 0 Å². The van der Waals surface area contributed by atoms with Crippen molar-refractivity contribution in [2.24, 2.45) is 17.6 Å². The number of nitrogens with two attached hydrogens (primary N) is 1. The summed E-state index contributed by atoms with van der Waals surface area (Å²) in [5.41, 5.74) is 5.40. The third-order valence-corrected chi connectivity index (χ3v) is 2.44. The van der Waals surface area contributed by atoms with Gasteiger partial charge in [-0.1, -0.05) is 13.8 Å². The SMILES string of the molecule is CCN(CC(F)(F)F)C(=O)C(CN)C(C)C. The summed E-state index contributed by atoms with van der Waals surface area (Å²) in [5.74, 6) is -1.11. The van der Waals surface area contributed by atoms with Crippen LogP contribution < -0.4 is 5.73 Å². The first-order chi connectivity index (χ1) is 7.22. The largest absolute Gasteiger partial charge is 0.406 e. The summed E-state index contributed by atoms with van der Waals surface area (Å²) in [6.07, 6.45) is -4.36. The van der Waals surface area contributed by atoms with Crippen LogP contribution in [0.1, 0.15) is 20.8 Å².